The first-order valence-corrected chi connectivity index (χ1v) is 6.42. The molecule has 96 valence electrons. The number of ether oxygens (including phenoxy) is 1. The van der Waals surface area contributed by atoms with Crippen LogP contribution in [0.25, 0.3) is 0 Å². The number of rotatable bonds is 2. The van der Waals surface area contributed by atoms with Crippen LogP contribution >= 0.6 is 0 Å². The van der Waals surface area contributed by atoms with Gasteiger partial charge in [0.1, 0.15) is 5.75 Å². The summed E-state index contributed by atoms with van der Waals surface area (Å²) in [5.41, 5.74) is 0.724. The Morgan fingerprint density at radius 1 is 1.33 bits per heavy atom. The highest BCUT2D eigenvalue weighted by Gasteiger charge is 2.38. The largest absolute Gasteiger partial charge is 0.497 e. The zero-order chi connectivity index (χ0) is 12.5. The molecule has 1 amide bonds. The van der Waals surface area contributed by atoms with Gasteiger partial charge in [0.25, 0.3) is 5.91 Å². The van der Waals surface area contributed by atoms with E-state index < -0.39 is 0 Å². The molecule has 0 aliphatic carbocycles. The maximum Gasteiger partial charge on any atom is 0.254 e. The van der Waals surface area contributed by atoms with Crippen LogP contribution in [0.4, 0.5) is 0 Å². The van der Waals surface area contributed by atoms with E-state index in [9.17, 15) is 4.79 Å². The first-order valence-electron chi connectivity index (χ1n) is 6.42. The number of nitrogens with zero attached hydrogens (tertiary/aromatic N) is 1. The number of carbonyl (C=O) groups excluding carboxylic acids is 1. The Balaban J connectivity index is 1.74. The Bertz CT molecular complexity index is 449. The van der Waals surface area contributed by atoms with E-state index in [0.717, 1.165) is 37.5 Å². The molecule has 2 atom stereocenters. The van der Waals surface area contributed by atoms with Gasteiger partial charge in [-0.1, -0.05) is 6.07 Å². The minimum absolute atomic E-state index is 0.128. The minimum Gasteiger partial charge on any atom is -0.497 e. The lowest BCUT2D eigenvalue weighted by Gasteiger charge is -2.17. The van der Waals surface area contributed by atoms with Crippen LogP contribution < -0.4 is 10.1 Å². The summed E-state index contributed by atoms with van der Waals surface area (Å²) in [4.78, 5) is 14.4. The Labute approximate surface area is 107 Å². The number of nitrogens with one attached hydrogen (secondary N) is 1. The van der Waals surface area contributed by atoms with Gasteiger partial charge in [-0.15, -0.1) is 0 Å². The van der Waals surface area contributed by atoms with E-state index in [4.69, 9.17) is 4.74 Å². The van der Waals surface area contributed by atoms with E-state index in [0.29, 0.717) is 11.8 Å². The van der Waals surface area contributed by atoms with E-state index >= 15 is 0 Å². The van der Waals surface area contributed by atoms with Gasteiger partial charge in [0.15, 0.2) is 0 Å². The van der Waals surface area contributed by atoms with Crippen molar-refractivity contribution in [3.8, 4) is 5.75 Å². The normalized spacial score (nSPS) is 26.2. The molecular weight excluding hydrogens is 228 g/mol. The summed E-state index contributed by atoms with van der Waals surface area (Å²) in [6.45, 7) is 3.86. The summed E-state index contributed by atoms with van der Waals surface area (Å²) >= 11 is 0. The summed E-state index contributed by atoms with van der Waals surface area (Å²) in [6, 6.07) is 7.40. The van der Waals surface area contributed by atoms with Crippen LogP contribution in [0, 0.1) is 11.8 Å². The summed E-state index contributed by atoms with van der Waals surface area (Å²) in [5, 5.41) is 3.38. The van der Waals surface area contributed by atoms with Gasteiger partial charge in [-0.25, -0.2) is 0 Å². The molecule has 0 spiro atoms. The van der Waals surface area contributed by atoms with Crippen molar-refractivity contribution in [2.75, 3.05) is 33.3 Å². The lowest BCUT2D eigenvalue weighted by Crippen LogP contribution is -2.31. The van der Waals surface area contributed by atoms with Crippen molar-refractivity contribution in [2.45, 2.75) is 0 Å². The summed E-state index contributed by atoms with van der Waals surface area (Å²) in [5.74, 6) is 2.14. The van der Waals surface area contributed by atoms with E-state index in [1.165, 1.54) is 0 Å². The smallest absolute Gasteiger partial charge is 0.254 e. The Morgan fingerprint density at radius 2 is 2.06 bits per heavy atom. The van der Waals surface area contributed by atoms with Crippen molar-refractivity contribution >= 4 is 5.91 Å². The first kappa shape index (κ1) is 11.5. The van der Waals surface area contributed by atoms with Gasteiger partial charge in [-0.2, -0.15) is 0 Å². The van der Waals surface area contributed by atoms with Crippen LogP contribution in [0.2, 0.25) is 0 Å². The number of benzene rings is 1. The standard InChI is InChI=1S/C14H18N2O2/c1-18-13-4-2-3-10(5-13)14(17)16-8-11-6-15-7-12(11)9-16/h2-5,11-12,15H,6-9H2,1H3/t11-,12+. The van der Waals surface area contributed by atoms with Gasteiger partial charge in [0.05, 0.1) is 7.11 Å². The topological polar surface area (TPSA) is 41.6 Å². The lowest BCUT2D eigenvalue weighted by atomic mass is 10.0. The molecule has 1 aromatic carbocycles. The fourth-order valence-electron chi connectivity index (χ4n) is 2.96. The van der Waals surface area contributed by atoms with Gasteiger partial charge in [0, 0.05) is 31.7 Å². The highest BCUT2D eigenvalue weighted by Crippen LogP contribution is 2.27. The zero-order valence-electron chi connectivity index (χ0n) is 10.6. The molecule has 4 heteroatoms. The van der Waals surface area contributed by atoms with Crippen molar-refractivity contribution in [1.29, 1.82) is 0 Å². The molecule has 0 bridgehead atoms. The van der Waals surface area contributed by atoms with Crippen LogP contribution in [0.1, 0.15) is 10.4 Å². The lowest BCUT2D eigenvalue weighted by molar-refractivity contribution is 0.0781. The SMILES string of the molecule is COc1cccc(C(=O)N2C[C@H]3CNC[C@H]3C2)c1. The molecule has 2 aliphatic heterocycles. The predicted molar refractivity (Wildman–Crippen MR) is 68.7 cm³/mol. The third-order valence-electron chi connectivity index (χ3n) is 3.99. The van der Waals surface area contributed by atoms with Gasteiger partial charge in [0.2, 0.25) is 0 Å². The molecule has 2 fully saturated rings. The average Bonchev–Trinajstić information content (AvgIpc) is 2.98. The highest BCUT2D eigenvalue weighted by atomic mass is 16.5. The molecule has 1 N–H and O–H groups in total. The molecule has 2 aliphatic rings. The Kier molecular flexibility index (Phi) is 2.96. The number of hydrogen-bond donors (Lipinski definition) is 1. The number of fused-ring (bicyclic) bond motifs is 1. The van der Waals surface area contributed by atoms with Crippen LogP contribution in [-0.4, -0.2) is 44.1 Å². The van der Waals surface area contributed by atoms with Crippen molar-refractivity contribution in [3.05, 3.63) is 29.8 Å². The fraction of sp³-hybridized carbons (Fsp3) is 0.500. The zero-order valence-corrected chi connectivity index (χ0v) is 10.6. The maximum atomic E-state index is 12.4. The molecule has 4 nitrogen and oxygen atoms in total. The van der Waals surface area contributed by atoms with Crippen molar-refractivity contribution in [3.63, 3.8) is 0 Å². The molecule has 1 aromatic rings. The number of amides is 1. The monoisotopic (exact) mass is 246 g/mol. The molecule has 18 heavy (non-hydrogen) atoms. The fourth-order valence-corrected chi connectivity index (χ4v) is 2.96. The second kappa shape index (κ2) is 4.61. The van der Waals surface area contributed by atoms with Crippen LogP contribution in [0.5, 0.6) is 5.75 Å². The van der Waals surface area contributed by atoms with Crippen LogP contribution in [0.15, 0.2) is 24.3 Å². The molecule has 0 radical (unpaired) electrons. The van der Waals surface area contributed by atoms with E-state index in [-0.39, 0.29) is 5.91 Å². The molecule has 0 saturated carbocycles. The van der Waals surface area contributed by atoms with E-state index in [1.807, 2.05) is 29.2 Å². The number of hydrogen-bond acceptors (Lipinski definition) is 3. The summed E-state index contributed by atoms with van der Waals surface area (Å²) in [6.07, 6.45) is 0. The van der Waals surface area contributed by atoms with E-state index in [1.54, 1.807) is 7.11 Å². The number of carbonyl (C=O) groups is 1. The predicted octanol–water partition coefficient (Wildman–Crippen LogP) is 0.987. The quantitative estimate of drug-likeness (QED) is 0.846. The second-order valence-corrected chi connectivity index (χ2v) is 5.12. The second-order valence-electron chi connectivity index (χ2n) is 5.12. The van der Waals surface area contributed by atoms with Gasteiger partial charge in [-0.05, 0) is 30.0 Å². The molecular formula is C14H18N2O2. The Morgan fingerprint density at radius 3 is 2.72 bits per heavy atom. The Hall–Kier alpha value is -1.55. The molecule has 0 aromatic heterocycles. The van der Waals surface area contributed by atoms with E-state index in [2.05, 4.69) is 5.32 Å². The first-order chi connectivity index (χ1) is 8.78. The molecule has 3 rings (SSSR count). The van der Waals surface area contributed by atoms with Crippen LogP contribution in [0.3, 0.4) is 0 Å². The molecule has 2 saturated heterocycles. The molecule has 0 unspecified atom stereocenters. The summed E-state index contributed by atoms with van der Waals surface area (Å²) < 4.78 is 5.16. The highest BCUT2D eigenvalue weighted by molar-refractivity contribution is 5.94. The van der Waals surface area contributed by atoms with Crippen molar-refractivity contribution in [1.82, 2.24) is 10.2 Å². The number of likely N-dealkylation sites (tertiary alicyclic amines) is 1. The van der Waals surface area contributed by atoms with Gasteiger partial charge in [-0.3, -0.25) is 4.79 Å². The average molecular weight is 246 g/mol. The molecule has 2 heterocycles. The van der Waals surface area contributed by atoms with Crippen molar-refractivity contribution in [2.24, 2.45) is 11.8 Å². The minimum atomic E-state index is 0.128. The summed E-state index contributed by atoms with van der Waals surface area (Å²) in [7, 11) is 1.62. The third kappa shape index (κ3) is 1.97. The third-order valence-corrected chi connectivity index (χ3v) is 3.99. The number of methoxy groups -OCH3 is 1. The maximum absolute atomic E-state index is 12.4. The van der Waals surface area contributed by atoms with Gasteiger partial charge >= 0.3 is 0 Å². The van der Waals surface area contributed by atoms with Gasteiger partial charge < -0.3 is 15.0 Å². The van der Waals surface area contributed by atoms with Crippen molar-refractivity contribution < 1.29 is 9.53 Å². The van der Waals surface area contributed by atoms with Crippen LogP contribution in [-0.2, 0) is 0 Å².